The minimum atomic E-state index is -3.48. The summed E-state index contributed by atoms with van der Waals surface area (Å²) in [7, 11) is -5.42. The van der Waals surface area contributed by atoms with Crippen molar-refractivity contribution in [2.75, 3.05) is 19.5 Å². The molecule has 0 amide bonds. The molecule has 1 heterocycles. The Morgan fingerprint density at radius 2 is 1.67 bits per heavy atom. The molecule has 0 spiro atoms. The monoisotopic (exact) mass is 296 g/mol. The molecular formula is C11H24O5SSi. The molecule has 0 aliphatic carbocycles. The second-order valence-corrected chi connectivity index (χ2v) is 12.6. The van der Waals surface area contributed by atoms with Crippen LogP contribution in [0.3, 0.4) is 0 Å². The standard InChI is InChI=1S/C11H24O5SSi/c1-11(2,3)18(5,6)16-10-8-14-7-9(10)15-17(4,12)13/h9-10H,7-8H2,1-6H3. The lowest BCUT2D eigenvalue weighted by atomic mass is 10.2. The van der Waals surface area contributed by atoms with Crippen LogP contribution >= 0.6 is 0 Å². The van der Waals surface area contributed by atoms with Crippen LogP contribution in [0.5, 0.6) is 0 Å². The van der Waals surface area contributed by atoms with E-state index in [0.717, 1.165) is 6.26 Å². The van der Waals surface area contributed by atoms with Gasteiger partial charge in [-0.1, -0.05) is 20.8 Å². The van der Waals surface area contributed by atoms with E-state index >= 15 is 0 Å². The first-order valence-corrected chi connectivity index (χ1v) is 10.8. The summed E-state index contributed by atoms with van der Waals surface area (Å²) in [6, 6.07) is 0. The van der Waals surface area contributed by atoms with E-state index in [1.165, 1.54) is 0 Å². The third kappa shape index (κ3) is 4.31. The zero-order chi connectivity index (χ0) is 14.2. The van der Waals surface area contributed by atoms with E-state index in [4.69, 9.17) is 13.3 Å². The molecular weight excluding hydrogens is 272 g/mol. The predicted molar refractivity (Wildman–Crippen MR) is 72.6 cm³/mol. The van der Waals surface area contributed by atoms with Crippen LogP contribution < -0.4 is 0 Å². The van der Waals surface area contributed by atoms with Gasteiger partial charge in [-0.15, -0.1) is 0 Å². The summed E-state index contributed by atoms with van der Waals surface area (Å²) in [6.45, 7) is 11.3. The van der Waals surface area contributed by atoms with Crippen LogP contribution in [-0.2, 0) is 23.5 Å². The highest BCUT2D eigenvalue weighted by Gasteiger charge is 2.43. The lowest BCUT2D eigenvalue weighted by Crippen LogP contribution is -2.47. The Morgan fingerprint density at radius 3 is 2.11 bits per heavy atom. The van der Waals surface area contributed by atoms with Crippen LogP contribution in [0.15, 0.2) is 0 Å². The molecule has 1 aliphatic rings. The van der Waals surface area contributed by atoms with Crippen LogP contribution in [0.1, 0.15) is 20.8 Å². The van der Waals surface area contributed by atoms with Crippen LogP contribution in [0.25, 0.3) is 0 Å². The molecule has 108 valence electrons. The molecule has 2 unspecified atom stereocenters. The first-order valence-electron chi connectivity index (χ1n) is 6.06. The van der Waals surface area contributed by atoms with E-state index in [-0.39, 0.29) is 17.7 Å². The molecule has 0 aromatic heterocycles. The van der Waals surface area contributed by atoms with Gasteiger partial charge in [0, 0.05) is 0 Å². The summed E-state index contributed by atoms with van der Waals surface area (Å²) >= 11 is 0. The fraction of sp³-hybridized carbons (Fsp3) is 1.00. The van der Waals surface area contributed by atoms with Crippen molar-refractivity contribution in [2.45, 2.75) is 51.1 Å². The molecule has 0 bridgehead atoms. The van der Waals surface area contributed by atoms with Gasteiger partial charge in [-0.3, -0.25) is 4.18 Å². The second-order valence-electron chi connectivity index (χ2n) is 6.29. The van der Waals surface area contributed by atoms with Gasteiger partial charge in [0.25, 0.3) is 10.1 Å². The molecule has 7 heteroatoms. The van der Waals surface area contributed by atoms with Crippen molar-refractivity contribution >= 4 is 18.4 Å². The summed E-state index contributed by atoms with van der Waals surface area (Å²) in [5, 5.41) is 0.0746. The highest BCUT2D eigenvalue weighted by Crippen LogP contribution is 2.38. The Balaban J connectivity index is 2.72. The van der Waals surface area contributed by atoms with Gasteiger partial charge in [-0.2, -0.15) is 8.42 Å². The largest absolute Gasteiger partial charge is 0.409 e. The molecule has 5 nitrogen and oxygen atoms in total. The van der Waals surface area contributed by atoms with Crippen molar-refractivity contribution in [2.24, 2.45) is 0 Å². The molecule has 0 saturated carbocycles. The Labute approximate surface area is 111 Å². The van der Waals surface area contributed by atoms with E-state index in [1.54, 1.807) is 0 Å². The first kappa shape index (κ1) is 16.1. The number of hydrogen-bond acceptors (Lipinski definition) is 5. The normalized spacial score (nSPS) is 26.6. The van der Waals surface area contributed by atoms with Crippen molar-refractivity contribution < 1.29 is 21.8 Å². The lowest BCUT2D eigenvalue weighted by molar-refractivity contribution is 0.0855. The van der Waals surface area contributed by atoms with Gasteiger partial charge in [0.15, 0.2) is 8.32 Å². The third-order valence-corrected chi connectivity index (χ3v) is 8.63. The molecule has 0 radical (unpaired) electrons. The molecule has 1 saturated heterocycles. The summed E-state index contributed by atoms with van der Waals surface area (Å²) in [5.41, 5.74) is 0. The van der Waals surface area contributed by atoms with E-state index in [2.05, 4.69) is 33.9 Å². The fourth-order valence-electron chi connectivity index (χ4n) is 1.49. The summed E-state index contributed by atoms with van der Waals surface area (Å²) in [5.74, 6) is 0. The van der Waals surface area contributed by atoms with Crippen LogP contribution in [0.2, 0.25) is 18.1 Å². The molecule has 0 N–H and O–H groups in total. The van der Waals surface area contributed by atoms with E-state index in [0.29, 0.717) is 6.61 Å². The quantitative estimate of drug-likeness (QED) is 0.584. The maximum Gasteiger partial charge on any atom is 0.264 e. The maximum absolute atomic E-state index is 11.2. The summed E-state index contributed by atoms with van der Waals surface area (Å²) in [6.07, 6.45) is 0.240. The van der Waals surface area contributed by atoms with E-state index in [1.807, 2.05) is 0 Å². The minimum absolute atomic E-state index is 0.0746. The van der Waals surface area contributed by atoms with Crippen molar-refractivity contribution in [3.8, 4) is 0 Å². The van der Waals surface area contributed by atoms with Gasteiger partial charge >= 0.3 is 0 Å². The Bertz CT molecular complexity index is 385. The molecule has 1 aliphatic heterocycles. The van der Waals surface area contributed by atoms with Gasteiger partial charge in [0.1, 0.15) is 6.10 Å². The molecule has 0 aromatic carbocycles. The molecule has 0 aromatic rings. The second kappa shape index (κ2) is 5.20. The molecule has 18 heavy (non-hydrogen) atoms. The maximum atomic E-state index is 11.2. The van der Waals surface area contributed by atoms with E-state index < -0.39 is 24.5 Å². The highest BCUT2D eigenvalue weighted by molar-refractivity contribution is 7.86. The zero-order valence-corrected chi connectivity index (χ0v) is 13.8. The highest BCUT2D eigenvalue weighted by atomic mass is 32.2. The molecule has 1 fully saturated rings. The first-order chi connectivity index (χ1) is 7.92. The van der Waals surface area contributed by atoms with Crippen LogP contribution in [-0.4, -0.2) is 48.4 Å². The molecule has 1 rings (SSSR count). The Morgan fingerprint density at radius 1 is 1.17 bits per heavy atom. The average Bonchev–Trinajstić information content (AvgIpc) is 2.46. The number of rotatable bonds is 4. The summed E-state index contributed by atoms with van der Waals surface area (Å²) < 4.78 is 38.8. The molecule has 2 atom stereocenters. The lowest BCUT2D eigenvalue weighted by Gasteiger charge is -2.39. The van der Waals surface area contributed by atoms with Gasteiger partial charge in [-0.25, -0.2) is 0 Å². The topological polar surface area (TPSA) is 61.8 Å². The van der Waals surface area contributed by atoms with Gasteiger partial charge in [0.2, 0.25) is 0 Å². The Kier molecular flexibility index (Phi) is 4.65. The SMILES string of the molecule is CC(C)(C)[Si](C)(C)OC1COCC1OS(C)(=O)=O. The van der Waals surface area contributed by atoms with Crippen molar-refractivity contribution in [3.05, 3.63) is 0 Å². The van der Waals surface area contributed by atoms with Gasteiger partial charge in [-0.05, 0) is 18.1 Å². The fourth-order valence-corrected chi connectivity index (χ4v) is 3.45. The van der Waals surface area contributed by atoms with Crippen molar-refractivity contribution in [1.29, 1.82) is 0 Å². The van der Waals surface area contributed by atoms with Crippen molar-refractivity contribution in [3.63, 3.8) is 0 Å². The van der Waals surface area contributed by atoms with Gasteiger partial charge in [0.05, 0.1) is 25.6 Å². The summed E-state index contributed by atoms with van der Waals surface area (Å²) in [4.78, 5) is 0. The van der Waals surface area contributed by atoms with Crippen molar-refractivity contribution in [1.82, 2.24) is 0 Å². The smallest absolute Gasteiger partial charge is 0.264 e. The zero-order valence-electron chi connectivity index (χ0n) is 12.0. The predicted octanol–water partition coefficient (Wildman–Crippen LogP) is 1.75. The minimum Gasteiger partial charge on any atom is -0.409 e. The number of hydrogen-bond donors (Lipinski definition) is 0. The van der Waals surface area contributed by atoms with Crippen LogP contribution in [0.4, 0.5) is 0 Å². The number of ether oxygens (including phenoxy) is 1. The van der Waals surface area contributed by atoms with E-state index in [9.17, 15) is 8.42 Å². The Hall–Kier alpha value is 0.0469. The van der Waals surface area contributed by atoms with Crippen LogP contribution in [0, 0.1) is 0 Å². The van der Waals surface area contributed by atoms with Gasteiger partial charge < -0.3 is 9.16 Å². The third-order valence-electron chi connectivity index (χ3n) is 3.53. The average molecular weight is 296 g/mol.